The van der Waals surface area contributed by atoms with E-state index in [0.29, 0.717) is 32.8 Å². The van der Waals surface area contributed by atoms with Gasteiger partial charge in [0.1, 0.15) is 11.3 Å². The highest BCUT2D eigenvalue weighted by atomic mass is 35.5. The van der Waals surface area contributed by atoms with Gasteiger partial charge in [0.2, 0.25) is 0 Å². The quantitative estimate of drug-likeness (QED) is 0.520. The SMILES string of the molecule is Cc1nc(N2CCC3(CCC[C@H]3NC(=O)OC(C)(C)C)CC2)c(CO)nc1-c1cccc(Cl)c1Cl. The molecule has 1 atom stereocenters. The fourth-order valence-corrected chi connectivity index (χ4v) is 5.81. The van der Waals surface area contributed by atoms with E-state index in [1.54, 1.807) is 6.07 Å². The van der Waals surface area contributed by atoms with Gasteiger partial charge in [-0.05, 0) is 64.9 Å². The number of anilines is 1. The molecule has 0 radical (unpaired) electrons. The van der Waals surface area contributed by atoms with E-state index in [-0.39, 0.29) is 24.2 Å². The first-order chi connectivity index (χ1) is 16.5. The highest BCUT2D eigenvalue weighted by Crippen LogP contribution is 2.47. The van der Waals surface area contributed by atoms with Gasteiger partial charge >= 0.3 is 6.09 Å². The molecule has 1 saturated carbocycles. The molecule has 35 heavy (non-hydrogen) atoms. The second-order valence-corrected chi connectivity index (χ2v) is 11.4. The summed E-state index contributed by atoms with van der Waals surface area (Å²) in [6.07, 6.45) is 4.67. The summed E-state index contributed by atoms with van der Waals surface area (Å²) in [6.45, 7) is 8.87. The minimum absolute atomic E-state index is 0.0590. The lowest BCUT2D eigenvalue weighted by molar-refractivity contribution is 0.0442. The summed E-state index contributed by atoms with van der Waals surface area (Å²) in [4.78, 5) is 24.2. The fraction of sp³-hybridized carbons (Fsp3) is 0.577. The van der Waals surface area contributed by atoms with E-state index in [9.17, 15) is 9.90 Å². The Kier molecular flexibility index (Phi) is 7.51. The van der Waals surface area contributed by atoms with Crippen LogP contribution in [0.5, 0.6) is 0 Å². The van der Waals surface area contributed by atoms with Gasteiger partial charge < -0.3 is 20.1 Å². The molecule has 1 aromatic carbocycles. The maximum Gasteiger partial charge on any atom is 0.407 e. The minimum atomic E-state index is -0.516. The van der Waals surface area contributed by atoms with Gasteiger partial charge in [-0.25, -0.2) is 14.8 Å². The lowest BCUT2D eigenvalue weighted by Gasteiger charge is -2.44. The molecule has 1 spiro atoms. The molecule has 2 fully saturated rings. The van der Waals surface area contributed by atoms with E-state index in [2.05, 4.69) is 10.2 Å². The van der Waals surface area contributed by atoms with Crippen molar-refractivity contribution in [3.63, 3.8) is 0 Å². The predicted octanol–water partition coefficient (Wildman–Crippen LogP) is 5.91. The molecule has 0 unspecified atom stereocenters. The number of alkyl carbamates (subject to hydrolysis) is 1. The van der Waals surface area contributed by atoms with Gasteiger partial charge in [0.25, 0.3) is 0 Å². The molecule has 1 aliphatic carbocycles. The van der Waals surface area contributed by atoms with Crippen molar-refractivity contribution in [1.82, 2.24) is 15.3 Å². The molecular weight excluding hydrogens is 487 g/mol. The Morgan fingerprint density at radius 1 is 1.23 bits per heavy atom. The number of nitrogens with zero attached hydrogens (tertiary/aromatic N) is 3. The molecule has 1 aromatic heterocycles. The Bertz CT molecular complexity index is 1090. The monoisotopic (exact) mass is 520 g/mol. The largest absolute Gasteiger partial charge is 0.444 e. The first-order valence-electron chi connectivity index (χ1n) is 12.2. The zero-order valence-corrected chi connectivity index (χ0v) is 22.3. The zero-order chi connectivity index (χ0) is 25.4. The van der Waals surface area contributed by atoms with Gasteiger partial charge in [0.15, 0.2) is 5.82 Å². The summed E-state index contributed by atoms with van der Waals surface area (Å²) in [5, 5.41) is 14.1. The van der Waals surface area contributed by atoms with Crippen molar-refractivity contribution in [3.8, 4) is 11.3 Å². The Morgan fingerprint density at radius 2 is 1.94 bits per heavy atom. The van der Waals surface area contributed by atoms with Gasteiger partial charge in [0, 0.05) is 24.7 Å². The van der Waals surface area contributed by atoms with Crippen molar-refractivity contribution in [2.24, 2.45) is 5.41 Å². The zero-order valence-electron chi connectivity index (χ0n) is 20.8. The predicted molar refractivity (Wildman–Crippen MR) is 139 cm³/mol. The molecule has 4 rings (SSSR count). The first-order valence-corrected chi connectivity index (χ1v) is 13.0. The van der Waals surface area contributed by atoms with Crippen LogP contribution in [0.15, 0.2) is 18.2 Å². The Morgan fingerprint density at radius 3 is 2.60 bits per heavy atom. The van der Waals surface area contributed by atoms with E-state index in [0.717, 1.165) is 50.9 Å². The van der Waals surface area contributed by atoms with Crippen LogP contribution in [0.2, 0.25) is 10.0 Å². The maximum atomic E-state index is 12.4. The number of aliphatic hydroxyl groups excluding tert-OH is 1. The minimum Gasteiger partial charge on any atom is -0.444 e. The second-order valence-electron chi connectivity index (χ2n) is 10.6. The summed E-state index contributed by atoms with van der Waals surface area (Å²) in [7, 11) is 0. The smallest absolute Gasteiger partial charge is 0.407 e. The number of benzene rings is 1. The van der Waals surface area contributed by atoms with Crippen molar-refractivity contribution in [3.05, 3.63) is 39.6 Å². The van der Waals surface area contributed by atoms with Crippen LogP contribution in [0, 0.1) is 12.3 Å². The van der Waals surface area contributed by atoms with Crippen molar-refractivity contribution >= 4 is 35.1 Å². The average Bonchev–Trinajstić information content (AvgIpc) is 3.16. The lowest BCUT2D eigenvalue weighted by atomic mass is 9.74. The number of carbonyl (C=O) groups excluding carboxylic acids is 1. The number of hydrogen-bond donors (Lipinski definition) is 2. The highest BCUT2D eigenvalue weighted by Gasteiger charge is 2.46. The van der Waals surface area contributed by atoms with E-state index in [4.69, 9.17) is 37.9 Å². The molecule has 2 aliphatic rings. The molecule has 1 saturated heterocycles. The third kappa shape index (κ3) is 5.52. The molecule has 190 valence electrons. The third-order valence-electron chi connectivity index (χ3n) is 7.13. The number of hydrogen-bond acceptors (Lipinski definition) is 6. The lowest BCUT2D eigenvalue weighted by Crippen LogP contribution is -2.51. The standard InChI is InChI=1S/C26H34Cl2N4O3/c1-16-22(17-7-5-8-18(27)21(17)28)30-19(15-33)23(29-16)32-13-11-26(12-14-32)10-6-9-20(26)31-24(34)35-25(2,3)4/h5,7-8,20,33H,6,9-15H2,1-4H3,(H,31,34)/t20-/m1/s1. The summed E-state index contributed by atoms with van der Waals surface area (Å²) >= 11 is 12.6. The molecular formula is C26H34Cl2N4O3. The van der Waals surface area contributed by atoms with E-state index < -0.39 is 5.60 Å². The van der Waals surface area contributed by atoms with E-state index in [1.165, 1.54) is 0 Å². The molecule has 9 heteroatoms. The van der Waals surface area contributed by atoms with Crippen LogP contribution >= 0.6 is 23.2 Å². The molecule has 1 aliphatic heterocycles. The number of nitrogens with one attached hydrogen (secondary N) is 1. The van der Waals surface area contributed by atoms with Crippen LogP contribution in [-0.4, -0.2) is 45.9 Å². The van der Waals surface area contributed by atoms with Crippen LogP contribution in [0.4, 0.5) is 10.6 Å². The topological polar surface area (TPSA) is 87.6 Å². The molecule has 2 heterocycles. The number of halogens is 2. The number of aryl methyl sites for hydroxylation is 1. The van der Waals surface area contributed by atoms with Crippen molar-refractivity contribution < 1.29 is 14.6 Å². The van der Waals surface area contributed by atoms with Gasteiger partial charge in [-0.1, -0.05) is 41.8 Å². The molecule has 0 bridgehead atoms. The van der Waals surface area contributed by atoms with Crippen LogP contribution < -0.4 is 10.2 Å². The molecule has 2 aromatic rings. The Labute approximate surface area is 217 Å². The van der Waals surface area contributed by atoms with Crippen LogP contribution in [-0.2, 0) is 11.3 Å². The maximum absolute atomic E-state index is 12.4. The normalized spacial score (nSPS) is 19.7. The Hall–Kier alpha value is -2.09. The number of carbonyl (C=O) groups is 1. The number of aromatic nitrogens is 2. The molecule has 7 nitrogen and oxygen atoms in total. The molecule has 1 amide bonds. The van der Waals surface area contributed by atoms with Crippen LogP contribution in [0.25, 0.3) is 11.3 Å². The second kappa shape index (κ2) is 10.1. The van der Waals surface area contributed by atoms with E-state index >= 15 is 0 Å². The number of rotatable bonds is 4. The Balaban J connectivity index is 1.51. The summed E-state index contributed by atoms with van der Waals surface area (Å²) in [5.74, 6) is 0.705. The highest BCUT2D eigenvalue weighted by molar-refractivity contribution is 6.43. The number of aliphatic hydroxyl groups is 1. The van der Waals surface area contributed by atoms with E-state index in [1.807, 2.05) is 39.8 Å². The van der Waals surface area contributed by atoms with Gasteiger partial charge in [-0.15, -0.1) is 0 Å². The molecule has 2 N–H and O–H groups in total. The number of ether oxygens (including phenoxy) is 1. The van der Waals surface area contributed by atoms with Crippen LogP contribution in [0.3, 0.4) is 0 Å². The van der Waals surface area contributed by atoms with Gasteiger partial charge in [-0.3, -0.25) is 0 Å². The summed E-state index contributed by atoms with van der Waals surface area (Å²) in [5.41, 5.74) is 2.11. The van der Waals surface area contributed by atoms with Gasteiger partial charge in [-0.2, -0.15) is 0 Å². The van der Waals surface area contributed by atoms with Crippen molar-refractivity contribution in [2.75, 3.05) is 18.0 Å². The summed E-state index contributed by atoms with van der Waals surface area (Å²) < 4.78 is 5.51. The first kappa shape index (κ1) is 26.0. The summed E-state index contributed by atoms with van der Waals surface area (Å²) in [6, 6.07) is 5.52. The number of amides is 1. The number of piperidine rings is 1. The van der Waals surface area contributed by atoms with Crippen molar-refractivity contribution in [1.29, 1.82) is 0 Å². The van der Waals surface area contributed by atoms with Crippen LogP contribution in [0.1, 0.15) is 64.3 Å². The fourth-order valence-electron chi connectivity index (χ4n) is 5.42. The van der Waals surface area contributed by atoms with Gasteiger partial charge in [0.05, 0.1) is 28.0 Å². The third-order valence-corrected chi connectivity index (χ3v) is 7.95. The van der Waals surface area contributed by atoms with Crippen molar-refractivity contribution in [2.45, 2.75) is 78.0 Å². The average molecular weight is 521 g/mol.